The minimum absolute atomic E-state index is 0.117. The minimum Gasteiger partial charge on any atom is -0.338 e. The van der Waals surface area contributed by atoms with E-state index in [4.69, 9.17) is 0 Å². The average Bonchev–Trinajstić information content (AvgIpc) is 3.21. The number of aromatic nitrogens is 1. The molecule has 0 aliphatic carbocycles. The third-order valence-corrected chi connectivity index (χ3v) is 5.48. The van der Waals surface area contributed by atoms with Gasteiger partial charge in [0.2, 0.25) is 0 Å². The Hall–Kier alpha value is -2.09. The molecule has 0 atom stereocenters. The molecule has 130 valence electrons. The van der Waals surface area contributed by atoms with Crippen LogP contribution in [0.2, 0.25) is 0 Å². The molecule has 25 heavy (non-hydrogen) atoms. The summed E-state index contributed by atoms with van der Waals surface area (Å²) in [6.07, 6.45) is 3.39. The first-order valence-corrected chi connectivity index (χ1v) is 9.61. The summed E-state index contributed by atoms with van der Waals surface area (Å²) >= 11 is 2.92. The van der Waals surface area contributed by atoms with Gasteiger partial charge in [0, 0.05) is 11.0 Å². The number of anilines is 1. The summed E-state index contributed by atoms with van der Waals surface area (Å²) in [5.74, 6) is -0.412. The highest BCUT2D eigenvalue weighted by atomic mass is 32.1. The molecule has 4 nitrogen and oxygen atoms in total. The van der Waals surface area contributed by atoms with Gasteiger partial charge in [-0.3, -0.25) is 9.69 Å². The predicted octanol–water partition coefficient (Wildman–Crippen LogP) is 2.69. The van der Waals surface area contributed by atoms with Crippen LogP contribution in [0.25, 0.3) is 16.3 Å². The van der Waals surface area contributed by atoms with Crippen molar-refractivity contribution in [2.75, 3.05) is 32.1 Å². The molecular formula is C18H19FN3OS2+. The van der Waals surface area contributed by atoms with E-state index in [2.05, 4.69) is 4.98 Å². The number of rotatable bonds is 6. The van der Waals surface area contributed by atoms with Gasteiger partial charge in [-0.1, -0.05) is 17.4 Å². The average molecular weight is 377 g/mol. The predicted molar refractivity (Wildman–Crippen MR) is 103 cm³/mol. The third kappa shape index (κ3) is 4.50. The number of likely N-dealkylation sites (N-methyl/N-ethyl adjacent to an activating group) is 1. The highest BCUT2D eigenvalue weighted by Crippen LogP contribution is 2.29. The van der Waals surface area contributed by atoms with Gasteiger partial charge < -0.3 is 4.90 Å². The number of fused-ring (bicyclic) bond motifs is 1. The van der Waals surface area contributed by atoms with Crippen molar-refractivity contribution >= 4 is 50.0 Å². The number of hydrogen-bond donors (Lipinski definition) is 1. The number of thiophene rings is 1. The van der Waals surface area contributed by atoms with E-state index < -0.39 is 0 Å². The largest absolute Gasteiger partial charge is 0.338 e. The van der Waals surface area contributed by atoms with Crippen LogP contribution in [0.5, 0.6) is 0 Å². The molecule has 0 saturated heterocycles. The Kier molecular flexibility index (Phi) is 5.57. The van der Waals surface area contributed by atoms with Crippen LogP contribution in [0.1, 0.15) is 4.88 Å². The molecule has 0 saturated carbocycles. The lowest BCUT2D eigenvalue weighted by Crippen LogP contribution is -3.06. The smallest absolute Gasteiger partial charge is 0.253 e. The quantitative estimate of drug-likeness (QED) is 0.672. The fraction of sp³-hybridized carbons (Fsp3) is 0.222. The SMILES string of the molecule is C[NH+](C)CCN(C(=O)/C=C/c1cccs1)c1nc2ccc(F)cc2s1. The van der Waals surface area contributed by atoms with Crippen LogP contribution in [-0.4, -0.2) is 38.1 Å². The maximum atomic E-state index is 13.4. The van der Waals surface area contributed by atoms with Crippen molar-refractivity contribution < 1.29 is 14.1 Å². The van der Waals surface area contributed by atoms with E-state index in [0.717, 1.165) is 16.1 Å². The van der Waals surface area contributed by atoms with E-state index in [1.54, 1.807) is 28.4 Å². The molecule has 7 heteroatoms. The molecule has 3 rings (SSSR count). The summed E-state index contributed by atoms with van der Waals surface area (Å²) in [5, 5.41) is 2.57. The first-order valence-electron chi connectivity index (χ1n) is 7.91. The van der Waals surface area contributed by atoms with Crippen molar-refractivity contribution in [3.05, 3.63) is 52.5 Å². The molecule has 0 radical (unpaired) electrons. The molecule has 0 fully saturated rings. The van der Waals surface area contributed by atoms with Crippen LogP contribution in [0.4, 0.5) is 9.52 Å². The van der Waals surface area contributed by atoms with Gasteiger partial charge in [-0.15, -0.1) is 11.3 Å². The summed E-state index contributed by atoms with van der Waals surface area (Å²) in [6, 6.07) is 8.40. The van der Waals surface area contributed by atoms with E-state index in [-0.39, 0.29) is 11.7 Å². The third-order valence-electron chi connectivity index (χ3n) is 3.60. The monoisotopic (exact) mass is 376 g/mol. The maximum absolute atomic E-state index is 13.4. The Morgan fingerprint density at radius 1 is 1.36 bits per heavy atom. The summed E-state index contributed by atoms with van der Waals surface area (Å²) in [5.41, 5.74) is 0.707. The number of thiazole rings is 1. The molecule has 0 spiro atoms. The van der Waals surface area contributed by atoms with Gasteiger partial charge in [0.25, 0.3) is 5.91 Å². The molecule has 1 amide bonds. The van der Waals surface area contributed by atoms with Gasteiger partial charge in [-0.2, -0.15) is 0 Å². The van der Waals surface area contributed by atoms with Crippen LogP contribution < -0.4 is 9.80 Å². The zero-order chi connectivity index (χ0) is 17.8. The van der Waals surface area contributed by atoms with Crippen LogP contribution in [0, 0.1) is 5.82 Å². The van der Waals surface area contributed by atoms with Gasteiger partial charge in [0.15, 0.2) is 5.13 Å². The van der Waals surface area contributed by atoms with Crippen molar-refractivity contribution in [2.24, 2.45) is 0 Å². The Balaban J connectivity index is 1.88. The Morgan fingerprint density at radius 3 is 2.92 bits per heavy atom. The highest BCUT2D eigenvalue weighted by molar-refractivity contribution is 7.22. The van der Waals surface area contributed by atoms with E-state index in [1.807, 2.05) is 37.7 Å². The molecule has 0 bridgehead atoms. The lowest BCUT2D eigenvalue weighted by Gasteiger charge is -2.19. The van der Waals surface area contributed by atoms with Gasteiger partial charge in [0.05, 0.1) is 37.4 Å². The van der Waals surface area contributed by atoms with Gasteiger partial charge in [0.1, 0.15) is 5.82 Å². The van der Waals surface area contributed by atoms with Crippen molar-refractivity contribution in [3.63, 3.8) is 0 Å². The molecular weight excluding hydrogens is 357 g/mol. The summed E-state index contributed by atoms with van der Waals surface area (Å²) in [7, 11) is 4.08. The van der Waals surface area contributed by atoms with Crippen molar-refractivity contribution in [3.8, 4) is 0 Å². The second-order valence-corrected chi connectivity index (χ2v) is 7.89. The number of amides is 1. The fourth-order valence-electron chi connectivity index (χ4n) is 2.27. The second kappa shape index (κ2) is 7.86. The normalized spacial score (nSPS) is 11.7. The molecule has 2 aromatic heterocycles. The van der Waals surface area contributed by atoms with E-state index in [0.29, 0.717) is 17.2 Å². The highest BCUT2D eigenvalue weighted by Gasteiger charge is 2.19. The van der Waals surface area contributed by atoms with Crippen LogP contribution in [0.3, 0.4) is 0 Å². The number of carbonyl (C=O) groups is 1. The van der Waals surface area contributed by atoms with Crippen molar-refractivity contribution in [1.82, 2.24) is 4.98 Å². The number of nitrogens with one attached hydrogen (secondary N) is 1. The minimum atomic E-state index is -0.295. The number of quaternary nitrogens is 1. The first-order chi connectivity index (χ1) is 12.0. The number of benzene rings is 1. The Morgan fingerprint density at radius 2 is 2.20 bits per heavy atom. The zero-order valence-electron chi connectivity index (χ0n) is 14.0. The molecule has 0 aliphatic rings. The molecule has 2 heterocycles. The van der Waals surface area contributed by atoms with Crippen molar-refractivity contribution in [1.29, 1.82) is 0 Å². The standard InChI is InChI=1S/C18H18FN3OS2/c1-21(2)9-10-22(17(23)8-6-14-4-3-11-24-14)18-20-15-7-5-13(19)12-16(15)25-18/h3-8,11-12H,9-10H2,1-2H3/p+1/b8-6+. The lowest BCUT2D eigenvalue weighted by molar-refractivity contribution is -0.856. The van der Waals surface area contributed by atoms with Crippen molar-refractivity contribution in [2.45, 2.75) is 0 Å². The molecule has 0 aliphatic heterocycles. The Labute approximate surface area is 153 Å². The van der Waals surface area contributed by atoms with Crippen LogP contribution in [-0.2, 0) is 4.79 Å². The summed E-state index contributed by atoms with van der Waals surface area (Å²) in [6.45, 7) is 1.35. The number of nitrogens with zero attached hydrogens (tertiary/aromatic N) is 2. The van der Waals surface area contributed by atoms with Crippen LogP contribution in [0.15, 0.2) is 41.8 Å². The number of halogens is 1. The zero-order valence-corrected chi connectivity index (χ0v) is 15.7. The van der Waals surface area contributed by atoms with E-state index >= 15 is 0 Å². The van der Waals surface area contributed by atoms with Gasteiger partial charge in [-0.05, 0) is 35.7 Å². The molecule has 1 N–H and O–H groups in total. The summed E-state index contributed by atoms with van der Waals surface area (Å²) < 4.78 is 14.2. The first kappa shape index (κ1) is 17.7. The number of hydrogen-bond acceptors (Lipinski definition) is 4. The van der Waals surface area contributed by atoms with E-state index in [1.165, 1.54) is 28.4 Å². The lowest BCUT2D eigenvalue weighted by atomic mass is 10.3. The van der Waals surface area contributed by atoms with Crippen LogP contribution >= 0.6 is 22.7 Å². The topological polar surface area (TPSA) is 37.6 Å². The van der Waals surface area contributed by atoms with E-state index in [9.17, 15) is 9.18 Å². The molecule has 3 aromatic rings. The maximum Gasteiger partial charge on any atom is 0.253 e. The summed E-state index contributed by atoms with van der Waals surface area (Å²) in [4.78, 5) is 21.2. The second-order valence-electron chi connectivity index (χ2n) is 5.90. The molecule has 0 unspecified atom stereocenters. The Bertz CT molecular complexity index is 887. The van der Waals surface area contributed by atoms with Gasteiger partial charge in [-0.25, -0.2) is 9.37 Å². The van der Waals surface area contributed by atoms with Gasteiger partial charge >= 0.3 is 0 Å². The molecule has 1 aromatic carbocycles. The number of carbonyl (C=O) groups excluding carboxylic acids is 1. The fourth-order valence-corrected chi connectivity index (χ4v) is 3.91.